The van der Waals surface area contributed by atoms with Crippen molar-refractivity contribution in [1.82, 2.24) is 14.5 Å². The van der Waals surface area contributed by atoms with Gasteiger partial charge < -0.3 is 11.1 Å². The highest BCUT2D eigenvalue weighted by Crippen LogP contribution is 2.31. The Bertz CT molecular complexity index is 960. The molecule has 1 unspecified atom stereocenters. The first kappa shape index (κ1) is 25.7. The number of carbonyl (C=O) groups excluding carboxylic acids is 2. The number of allylic oxidation sites excluding steroid dienone is 1. The molecular formula is C23H34N4O4S2. The second-order valence-electron chi connectivity index (χ2n) is 8.46. The van der Waals surface area contributed by atoms with Crippen LogP contribution in [-0.2, 0) is 19.6 Å². The smallest absolute Gasteiger partial charge is 0.248 e. The fraction of sp³-hybridized carbons (Fsp3) is 0.565. The molecule has 1 saturated carbocycles. The lowest BCUT2D eigenvalue weighted by molar-refractivity contribution is -0.133. The highest BCUT2D eigenvalue weighted by molar-refractivity contribution is 8.17. The van der Waals surface area contributed by atoms with Crippen LogP contribution >= 0.6 is 11.8 Å². The van der Waals surface area contributed by atoms with E-state index in [1.807, 2.05) is 18.2 Å². The lowest BCUT2D eigenvalue weighted by Crippen LogP contribution is -2.56. The number of rotatable bonds is 8. The average molecular weight is 495 g/mol. The summed E-state index contributed by atoms with van der Waals surface area (Å²) in [5.41, 5.74) is 6.26. The van der Waals surface area contributed by atoms with Crippen LogP contribution in [0.2, 0.25) is 0 Å². The van der Waals surface area contributed by atoms with E-state index in [1.54, 1.807) is 31.4 Å². The van der Waals surface area contributed by atoms with E-state index < -0.39 is 22.0 Å². The molecule has 0 radical (unpaired) electrons. The van der Waals surface area contributed by atoms with Crippen molar-refractivity contribution in [3.8, 4) is 0 Å². The van der Waals surface area contributed by atoms with E-state index in [4.69, 9.17) is 5.73 Å². The largest absolute Gasteiger partial charge is 0.368 e. The van der Waals surface area contributed by atoms with E-state index in [0.717, 1.165) is 25.7 Å². The van der Waals surface area contributed by atoms with Crippen LogP contribution in [0, 0.1) is 5.92 Å². The standard InChI is InChI=1S/C23H34N4O4S2/c1-3-20(32-2)33(30,31)27-15-13-26(14-16-27)19-12-8-7-11-18(19)23(29)25-21(22(24)28)17-9-5-4-6-10-17/h3-6,9-10,18-19,21H,7-8,11-16H2,1-2H3,(H2,24,28)(H,25,29)/b20-3+/t18-,19?,21+/m1/s1. The molecule has 2 amide bonds. The van der Waals surface area contributed by atoms with E-state index in [2.05, 4.69) is 10.2 Å². The number of carbonyl (C=O) groups is 2. The first-order valence-corrected chi connectivity index (χ1v) is 14.0. The molecule has 1 aromatic carbocycles. The van der Waals surface area contributed by atoms with Crippen LogP contribution in [-0.4, -0.2) is 67.9 Å². The highest BCUT2D eigenvalue weighted by Gasteiger charge is 2.39. The van der Waals surface area contributed by atoms with Crippen molar-refractivity contribution in [3.05, 3.63) is 46.2 Å². The third kappa shape index (κ3) is 5.98. The maximum absolute atomic E-state index is 13.3. The van der Waals surface area contributed by atoms with E-state index >= 15 is 0 Å². The van der Waals surface area contributed by atoms with Crippen LogP contribution in [0.5, 0.6) is 0 Å². The molecule has 2 aliphatic rings. The monoisotopic (exact) mass is 494 g/mol. The lowest BCUT2D eigenvalue weighted by Gasteiger charge is -2.43. The minimum absolute atomic E-state index is 0.0228. The molecular weight excluding hydrogens is 460 g/mol. The molecule has 3 N–H and O–H groups in total. The van der Waals surface area contributed by atoms with Crippen LogP contribution < -0.4 is 11.1 Å². The minimum atomic E-state index is -3.46. The van der Waals surface area contributed by atoms with Crippen molar-refractivity contribution >= 4 is 33.6 Å². The Balaban J connectivity index is 1.68. The lowest BCUT2D eigenvalue weighted by atomic mass is 9.82. The number of sulfonamides is 1. The number of amides is 2. The van der Waals surface area contributed by atoms with Gasteiger partial charge in [-0.05, 0) is 31.6 Å². The predicted octanol–water partition coefficient (Wildman–Crippen LogP) is 2.06. The number of nitrogens with one attached hydrogen (secondary N) is 1. The van der Waals surface area contributed by atoms with Crippen LogP contribution in [0.15, 0.2) is 40.6 Å². The molecule has 1 aromatic rings. The highest BCUT2D eigenvalue weighted by atomic mass is 32.3. The van der Waals surface area contributed by atoms with Crippen molar-refractivity contribution in [1.29, 1.82) is 0 Å². The molecule has 3 rings (SSSR count). The van der Waals surface area contributed by atoms with E-state index in [0.29, 0.717) is 36.0 Å². The fourth-order valence-electron chi connectivity index (χ4n) is 4.84. The van der Waals surface area contributed by atoms with Gasteiger partial charge in [-0.1, -0.05) is 49.2 Å². The van der Waals surface area contributed by atoms with Crippen molar-refractivity contribution < 1.29 is 18.0 Å². The number of hydrogen-bond donors (Lipinski definition) is 2. The van der Waals surface area contributed by atoms with Crippen molar-refractivity contribution in [2.75, 3.05) is 32.4 Å². The van der Waals surface area contributed by atoms with Gasteiger partial charge in [-0.3, -0.25) is 14.5 Å². The Morgan fingerprint density at radius 2 is 1.76 bits per heavy atom. The second-order valence-corrected chi connectivity index (χ2v) is 11.5. The molecule has 182 valence electrons. The third-order valence-electron chi connectivity index (χ3n) is 6.54. The van der Waals surface area contributed by atoms with Gasteiger partial charge in [0.05, 0.1) is 5.92 Å². The van der Waals surface area contributed by atoms with Gasteiger partial charge in [0.1, 0.15) is 10.3 Å². The summed E-state index contributed by atoms with van der Waals surface area (Å²) < 4.78 is 27.6. The zero-order chi connectivity index (χ0) is 24.0. The van der Waals surface area contributed by atoms with Gasteiger partial charge in [0, 0.05) is 32.2 Å². The summed E-state index contributed by atoms with van der Waals surface area (Å²) in [7, 11) is -3.46. The van der Waals surface area contributed by atoms with E-state index in [-0.39, 0.29) is 17.9 Å². The summed E-state index contributed by atoms with van der Waals surface area (Å²) in [6.07, 6.45) is 7.00. The molecule has 8 nitrogen and oxygen atoms in total. The number of nitrogens with zero attached hydrogens (tertiary/aromatic N) is 2. The fourth-order valence-corrected chi connectivity index (χ4v) is 7.43. The van der Waals surface area contributed by atoms with Crippen LogP contribution in [0.4, 0.5) is 0 Å². The Hall–Kier alpha value is -1.88. The maximum Gasteiger partial charge on any atom is 0.248 e. The summed E-state index contributed by atoms with van der Waals surface area (Å²) in [4.78, 5) is 27.6. The van der Waals surface area contributed by atoms with Gasteiger partial charge in [-0.2, -0.15) is 4.31 Å². The van der Waals surface area contributed by atoms with Crippen LogP contribution in [0.25, 0.3) is 0 Å². The maximum atomic E-state index is 13.3. The number of primary amides is 1. The molecule has 10 heteroatoms. The summed E-state index contributed by atoms with van der Waals surface area (Å²) in [6, 6.07) is 8.18. The molecule has 1 saturated heterocycles. The van der Waals surface area contributed by atoms with Gasteiger partial charge in [0.25, 0.3) is 0 Å². The number of benzene rings is 1. The van der Waals surface area contributed by atoms with Gasteiger partial charge in [0.2, 0.25) is 21.8 Å². The first-order chi connectivity index (χ1) is 15.8. The predicted molar refractivity (Wildman–Crippen MR) is 132 cm³/mol. The first-order valence-electron chi connectivity index (χ1n) is 11.4. The van der Waals surface area contributed by atoms with Gasteiger partial charge >= 0.3 is 0 Å². The minimum Gasteiger partial charge on any atom is -0.368 e. The molecule has 0 bridgehead atoms. The Kier molecular flexibility index (Phi) is 8.97. The van der Waals surface area contributed by atoms with Gasteiger partial charge in [0.15, 0.2) is 0 Å². The topological polar surface area (TPSA) is 113 Å². The zero-order valence-corrected chi connectivity index (χ0v) is 20.9. The second kappa shape index (κ2) is 11.5. The molecule has 3 atom stereocenters. The molecule has 0 aromatic heterocycles. The number of hydrogen-bond acceptors (Lipinski definition) is 6. The molecule has 1 heterocycles. The van der Waals surface area contributed by atoms with E-state index in [1.165, 1.54) is 16.1 Å². The number of piperazine rings is 1. The molecule has 2 fully saturated rings. The third-order valence-corrected chi connectivity index (χ3v) is 10.1. The Morgan fingerprint density at radius 1 is 1.12 bits per heavy atom. The van der Waals surface area contributed by atoms with Crippen LogP contribution in [0.1, 0.15) is 44.2 Å². The van der Waals surface area contributed by atoms with Crippen molar-refractivity contribution in [2.45, 2.75) is 44.7 Å². The van der Waals surface area contributed by atoms with Crippen molar-refractivity contribution in [2.24, 2.45) is 11.7 Å². The summed E-state index contributed by atoms with van der Waals surface area (Å²) >= 11 is 1.24. The molecule has 1 aliphatic heterocycles. The van der Waals surface area contributed by atoms with Gasteiger partial charge in [-0.25, -0.2) is 8.42 Å². The molecule has 0 spiro atoms. The SMILES string of the molecule is C/C=C(\SC)S(=O)(=O)N1CCN(C2CCCC[C@H]2C(=O)N[C@H](C(N)=O)c2ccccc2)CC1. The number of thioether (sulfide) groups is 1. The Labute approximate surface area is 201 Å². The average Bonchev–Trinajstić information content (AvgIpc) is 2.83. The summed E-state index contributed by atoms with van der Waals surface area (Å²) in [5, 5.41) is 2.88. The van der Waals surface area contributed by atoms with E-state index in [9.17, 15) is 18.0 Å². The zero-order valence-electron chi connectivity index (χ0n) is 19.3. The molecule has 1 aliphatic carbocycles. The quantitative estimate of drug-likeness (QED) is 0.572. The molecule has 33 heavy (non-hydrogen) atoms. The van der Waals surface area contributed by atoms with Gasteiger partial charge in [-0.15, -0.1) is 11.8 Å². The van der Waals surface area contributed by atoms with Crippen molar-refractivity contribution in [3.63, 3.8) is 0 Å². The summed E-state index contributed by atoms with van der Waals surface area (Å²) in [5.74, 6) is -1.01. The van der Waals surface area contributed by atoms with Crippen LogP contribution in [0.3, 0.4) is 0 Å². The normalized spacial score (nSPS) is 24.2. The summed E-state index contributed by atoms with van der Waals surface area (Å²) in [6.45, 7) is 3.70. The number of nitrogens with two attached hydrogens (primary N) is 1. The Morgan fingerprint density at radius 3 is 2.33 bits per heavy atom.